The molecule has 126 valence electrons. The molecule has 1 aliphatic rings. The summed E-state index contributed by atoms with van der Waals surface area (Å²) >= 11 is 0. The first-order chi connectivity index (χ1) is 11.7. The molecule has 2 aromatic carbocycles. The lowest BCUT2D eigenvalue weighted by Crippen LogP contribution is -2.37. The van der Waals surface area contributed by atoms with Gasteiger partial charge in [-0.25, -0.2) is 0 Å². The number of amides is 1. The van der Waals surface area contributed by atoms with Gasteiger partial charge in [0.05, 0.1) is 12.0 Å². The Morgan fingerprint density at radius 2 is 1.71 bits per heavy atom. The molecule has 1 saturated carbocycles. The lowest BCUT2D eigenvalue weighted by atomic mass is 9.78. The minimum Gasteiger partial charge on any atom is -0.494 e. The van der Waals surface area contributed by atoms with Crippen LogP contribution in [0.1, 0.15) is 44.6 Å². The van der Waals surface area contributed by atoms with E-state index in [9.17, 15) is 4.79 Å². The summed E-state index contributed by atoms with van der Waals surface area (Å²) < 4.78 is 5.59. The fraction of sp³-hybridized carbons (Fsp3) is 0.381. The smallest absolute Gasteiger partial charge is 0.235 e. The summed E-state index contributed by atoms with van der Waals surface area (Å²) in [5.74, 6) is 0.946. The number of rotatable bonds is 6. The normalized spacial score (nSPS) is 15.9. The van der Waals surface area contributed by atoms with Gasteiger partial charge in [-0.2, -0.15) is 0 Å². The van der Waals surface area contributed by atoms with Crippen LogP contribution in [0.3, 0.4) is 0 Å². The highest BCUT2D eigenvalue weighted by atomic mass is 16.5. The van der Waals surface area contributed by atoms with Gasteiger partial charge in [-0.3, -0.25) is 4.79 Å². The van der Waals surface area contributed by atoms with E-state index in [0.717, 1.165) is 49.1 Å². The second kappa shape index (κ2) is 7.52. The highest BCUT2D eigenvalue weighted by Gasteiger charge is 2.42. The third-order valence-corrected chi connectivity index (χ3v) is 4.80. The van der Waals surface area contributed by atoms with Crippen LogP contribution in [0.2, 0.25) is 0 Å². The Morgan fingerprint density at radius 1 is 1.04 bits per heavy atom. The molecular formula is C21H25NO2. The first kappa shape index (κ1) is 16.6. The van der Waals surface area contributed by atoms with Crippen molar-refractivity contribution in [1.82, 2.24) is 0 Å². The quantitative estimate of drug-likeness (QED) is 0.819. The van der Waals surface area contributed by atoms with E-state index < -0.39 is 5.41 Å². The van der Waals surface area contributed by atoms with E-state index in [1.807, 2.05) is 42.5 Å². The SMILES string of the molecule is CCCOc1ccc(NC(=O)C2(c3ccccc3)CCCC2)cc1. The van der Waals surface area contributed by atoms with E-state index in [2.05, 4.69) is 24.4 Å². The molecule has 0 bridgehead atoms. The summed E-state index contributed by atoms with van der Waals surface area (Å²) in [6.07, 6.45) is 5.03. The fourth-order valence-corrected chi connectivity index (χ4v) is 3.49. The number of hydrogen-bond donors (Lipinski definition) is 1. The van der Waals surface area contributed by atoms with Crippen molar-refractivity contribution >= 4 is 11.6 Å². The van der Waals surface area contributed by atoms with Crippen LogP contribution in [0, 0.1) is 0 Å². The van der Waals surface area contributed by atoms with Crippen LogP contribution in [0.5, 0.6) is 5.75 Å². The predicted octanol–water partition coefficient (Wildman–Crippen LogP) is 4.93. The minimum atomic E-state index is -0.390. The summed E-state index contributed by atoms with van der Waals surface area (Å²) in [4.78, 5) is 13.1. The topological polar surface area (TPSA) is 38.3 Å². The summed E-state index contributed by atoms with van der Waals surface area (Å²) in [5, 5.41) is 3.11. The van der Waals surface area contributed by atoms with Crippen LogP contribution >= 0.6 is 0 Å². The predicted molar refractivity (Wildman–Crippen MR) is 97.4 cm³/mol. The van der Waals surface area contributed by atoms with Crippen molar-refractivity contribution in [3.63, 3.8) is 0 Å². The molecule has 0 unspecified atom stereocenters. The van der Waals surface area contributed by atoms with E-state index >= 15 is 0 Å². The zero-order valence-corrected chi connectivity index (χ0v) is 14.3. The molecule has 1 aliphatic carbocycles. The second-order valence-corrected chi connectivity index (χ2v) is 6.48. The van der Waals surface area contributed by atoms with E-state index in [1.54, 1.807) is 0 Å². The molecule has 3 heteroatoms. The zero-order chi connectivity index (χ0) is 16.8. The van der Waals surface area contributed by atoms with Crippen molar-refractivity contribution in [2.75, 3.05) is 11.9 Å². The molecule has 0 spiro atoms. The van der Waals surface area contributed by atoms with Gasteiger partial charge in [-0.05, 0) is 49.1 Å². The van der Waals surface area contributed by atoms with Gasteiger partial charge in [0, 0.05) is 5.69 Å². The summed E-state index contributed by atoms with van der Waals surface area (Å²) in [7, 11) is 0. The summed E-state index contributed by atoms with van der Waals surface area (Å²) in [6, 6.07) is 17.8. The number of carbonyl (C=O) groups excluding carboxylic acids is 1. The molecule has 0 radical (unpaired) electrons. The molecule has 0 atom stereocenters. The van der Waals surface area contributed by atoms with Crippen LogP contribution in [0.15, 0.2) is 54.6 Å². The molecule has 2 aromatic rings. The third-order valence-electron chi connectivity index (χ3n) is 4.80. The van der Waals surface area contributed by atoms with Gasteiger partial charge in [-0.15, -0.1) is 0 Å². The van der Waals surface area contributed by atoms with Crippen LogP contribution in [-0.4, -0.2) is 12.5 Å². The number of ether oxygens (including phenoxy) is 1. The van der Waals surface area contributed by atoms with Crippen molar-refractivity contribution in [2.45, 2.75) is 44.4 Å². The van der Waals surface area contributed by atoms with Crippen LogP contribution in [0.25, 0.3) is 0 Å². The van der Waals surface area contributed by atoms with Crippen molar-refractivity contribution < 1.29 is 9.53 Å². The van der Waals surface area contributed by atoms with Gasteiger partial charge < -0.3 is 10.1 Å². The highest BCUT2D eigenvalue weighted by Crippen LogP contribution is 2.42. The number of nitrogens with one attached hydrogen (secondary N) is 1. The van der Waals surface area contributed by atoms with Crippen LogP contribution in [-0.2, 0) is 10.2 Å². The number of hydrogen-bond acceptors (Lipinski definition) is 2. The maximum atomic E-state index is 13.1. The minimum absolute atomic E-state index is 0.105. The fourth-order valence-electron chi connectivity index (χ4n) is 3.49. The van der Waals surface area contributed by atoms with Crippen molar-refractivity contribution in [2.24, 2.45) is 0 Å². The molecular weight excluding hydrogens is 298 g/mol. The maximum Gasteiger partial charge on any atom is 0.235 e. The molecule has 1 N–H and O–H groups in total. The van der Waals surface area contributed by atoms with E-state index in [0.29, 0.717) is 6.61 Å². The zero-order valence-electron chi connectivity index (χ0n) is 14.3. The van der Waals surface area contributed by atoms with Gasteiger partial charge in [0.1, 0.15) is 5.75 Å². The Hall–Kier alpha value is -2.29. The van der Waals surface area contributed by atoms with Crippen molar-refractivity contribution in [3.8, 4) is 5.75 Å². The molecule has 3 rings (SSSR count). The molecule has 1 fully saturated rings. The van der Waals surface area contributed by atoms with Crippen LogP contribution < -0.4 is 10.1 Å². The van der Waals surface area contributed by atoms with Gasteiger partial charge in [0.15, 0.2) is 0 Å². The Kier molecular flexibility index (Phi) is 5.19. The van der Waals surface area contributed by atoms with Crippen molar-refractivity contribution in [3.05, 3.63) is 60.2 Å². The van der Waals surface area contributed by atoms with Gasteiger partial charge in [-0.1, -0.05) is 50.1 Å². The highest BCUT2D eigenvalue weighted by molar-refractivity contribution is 5.99. The molecule has 0 saturated heterocycles. The van der Waals surface area contributed by atoms with Crippen molar-refractivity contribution in [1.29, 1.82) is 0 Å². The maximum absolute atomic E-state index is 13.1. The average molecular weight is 323 g/mol. The first-order valence-corrected chi connectivity index (χ1v) is 8.84. The van der Waals surface area contributed by atoms with Gasteiger partial charge >= 0.3 is 0 Å². The monoisotopic (exact) mass is 323 g/mol. The van der Waals surface area contributed by atoms with E-state index in [1.165, 1.54) is 0 Å². The Labute approximate surface area is 144 Å². The third kappa shape index (κ3) is 3.45. The van der Waals surface area contributed by atoms with E-state index in [-0.39, 0.29) is 5.91 Å². The average Bonchev–Trinajstić information content (AvgIpc) is 3.13. The first-order valence-electron chi connectivity index (χ1n) is 8.84. The lowest BCUT2D eigenvalue weighted by Gasteiger charge is -2.28. The largest absolute Gasteiger partial charge is 0.494 e. The molecule has 0 aliphatic heterocycles. The molecule has 0 aromatic heterocycles. The lowest BCUT2D eigenvalue weighted by molar-refractivity contribution is -0.121. The molecule has 3 nitrogen and oxygen atoms in total. The number of carbonyl (C=O) groups is 1. The van der Waals surface area contributed by atoms with E-state index in [4.69, 9.17) is 4.74 Å². The molecule has 1 amide bonds. The summed E-state index contributed by atoms with van der Waals surface area (Å²) in [5.41, 5.74) is 1.56. The number of anilines is 1. The van der Waals surface area contributed by atoms with Gasteiger partial charge in [0.25, 0.3) is 0 Å². The molecule has 0 heterocycles. The standard InChI is InChI=1S/C21H25NO2/c1-2-16-24-19-12-10-18(11-13-19)22-20(23)21(14-6-7-15-21)17-8-4-3-5-9-17/h3-5,8-13H,2,6-7,14-16H2,1H3,(H,22,23). The molecule has 24 heavy (non-hydrogen) atoms. The second-order valence-electron chi connectivity index (χ2n) is 6.48. The van der Waals surface area contributed by atoms with Crippen LogP contribution in [0.4, 0.5) is 5.69 Å². The van der Waals surface area contributed by atoms with Gasteiger partial charge in [0.2, 0.25) is 5.91 Å². The Bertz CT molecular complexity index is 658. The Morgan fingerprint density at radius 3 is 2.33 bits per heavy atom. The summed E-state index contributed by atoms with van der Waals surface area (Å²) in [6.45, 7) is 2.79. The Balaban J connectivity index is 1.75. The number of benzene rings is 2.